The number of hydrogen-bond acceptors (Lipinski definition) is 8. The number of hydrogen-bond donors (Lipinski definition) is 5. The Morgan fingerprint density at radius 3 is 2.44 bits per heavy atom. The van der Waals surface area contributed by atoms with E-state index in [2.05, 4.69) is 32.5 Å². The van der Waals surface area contributed by atoms with Gasteiger partial charge in [-0.1, -0.05) is 6.07 Å². The number of benzene rings is 1. The predicted octanol–water partition coefficient (Wildman–Crippen LogP) is 4.45. The number of imidazole rings is 1. The number of nitrogens with one attached hydrogen (secondary N) is 2. The Bertz CT molecular complexity index is 1640. The molecule has 226 valence electrons. The van der Waals surface area contributed by atoms with Gasteiger partial charge in [-0.3, -0.25) is 15.0 Å². The number of rotatable bonds is 11. The summed E-state index contributed by atoms with van der Waals surface area (Å²) in [5, 5.41) is 27.6. The molecule has 0 atom stereocenters. The lowest BCUT2D eigenvalue weighted by Gasteiger charge is -2.19. The third-order valence-electron chi connectivity index (χ3n) is 7.32. The van der Waals surface area contributed by atoms with Gasteiger partial charge in [0.2, 0.25) is 5.88 Å². The molecule has 1 fully saturated rings. The number of fused-ring (bicyclic) bond motifs is 1. The van der Waals surface area contributed by atoms with Crippen LogP contribution in [0.15, 0.2) is 42.7 Å². The number of ether oxygens (including phenoxy) is 1. The molecular weight excluding hydrogens is 550 g/mol. The quantitative estimate of drug-likeness (QED) is 0.0952. The average molecular weight is 588 g/mol. The summed E-state index contributed by atoms with van der Waals surface area (Å²) in [6, 6.07) is 9.67. The zero-order valence-corrected chi connectivity index (χ0v) is 24.7. The first kappa shape index (κ1) is 30.9. The van der Waals surface area contributed by atoms with E-state index in [0.29, 0.717) is 35.5 Å². The van der Waals surface area contributed by atoms with Crippen molar-refractivity contribution in [3.05, 3.63) is 82.1 Å². The fourth-order valence-electron chi connectivity index (χ4n) is 4.73. The minimum Gasteiger partial charge on any atom is -0.483 e. The van der Waals surface area contributed by atoms with Crippen molar-refractivity contribution in [2.75, 3.05) is 5.32 Å². The minimum absolute atomic E-state index is 0.0305. The van der Waals surface area contributed by atoms with E-state index in [1.165, 1.54) is 18.4 Å². The topological polar surface area (TPSA) is 189 Å². The highest BCUT2D eigenvalue weighted by molar-refractivity contribution is 5.95. The molecule has 1 saturated carbocycles. The van der Waals surface area contributed by atoms with Gasteiger partial charge >= 0.3 is 5.97 Å². The van der Waals surface area contributed by atoms with Crippen LogP contribution in [0.4, 0.5) is 5.82 Å². The number of nitrogens with zero attached hydrogens (tertiary/aromatic N) is 4. The summed E-state index contributed by atoms with van der Waals surface area (Å²) in [5.41, 5.74) is 11.3. The smallest absolute Gasteiger partial charge is 0.309 e. The molecular formula is C31H37N7O5. The SMILES string of the molecule is Cc1cc(C(=N)N)cc(C)c1CNc1cc(OCc2cn3cc(C4CC4)ccc3n2)nc(CC(C)(C)C(=O)O)n1.O=CO. The van der Waals surface area contributed by atoms with Gasteiger partial charge < -0.3 is 30.4 Å². The number of carboxylic acids is 1. The van der Waals surface area contributed by atoms with Crippen LogP contribution in [0.1, 0.15) is 71.9 Å². The van der Waals surface area contributed by atoms with Crippen LogP contribution in [0.25, 0.3) is 5.65 Å². The molecule has 3 heterocycles. The van der Waals surface area contributed by atoms with E-state index in [-0.39, 0.29) is 25.3 Å². The molecule has 43 heavy (non-hydrogen) atoms. The lowest BCUT2D eigenvalue weighted by atomic mass is 9.89. The van der Waals surface area contributed by atoms with Crippen molar-refractivity contribution in [1.29, 1.82) is 5.41 Å². The van der Waals surface area contributed by atoms with Gasteiger partial charge in [0.15, 0.2) is 0 Å². The molecule has 1 aromatic carbocycles. The second-order valence-corrected chi connectivity index (χ2v) is 11.4. The highest BCUT2D eigenvalue weighted by Crippen LogP contribution is 2.39. The Labute approximate surface area is 249 Å². The number of aromatic nitrogens is 4. The summed E-state index contributed by atoms with van der Waals surface area (Å²) in [5.74, 6) is 1.000. The largest absolute Gasteiger partial charge is 0.483 e. The summed E-state index contributed by atoms with van der Waals surface area (Å²) >= 11 is 0. The van der Waals surface area contributed by atoms with Crippen LogP contribution < -0.4 is 15.8 Å². The van der Waals surface area contributed by atoms with Crippen molar-refractivity contribution in [3.8, 4) is 5.88 Å². The molecule has 6 N–H and O–H groups in total. The molecule has 0 aliphatic heterocycles. The van der Waals surface area contributed by atoms with Gasteiger partial charge in [-0.05, 0) is 86.9 Å². The van der Waals surface area contributed by atoms with Crippen LogP contribution in [0.5, 0.6) is 5.88 Å². The lowest BCUT2D eigenvalue weighted by Crippen LogP contribution is -2.27. The molecule has 0 saturated heterocycles. The summed E-state index contributed by atoms with van der Waals surface area (Å²) in [6.07, 6.45) is 6.72. The molecule has 0 unspecified atom stereocenters. The molecule has 0 spiro atoms. The Balaban J connectivity index is 0.00000135. The van der Waals surface area contributed by atoms with Crippen molar-refractivity contribution in [3.63, 3.8) is 0 Å². The number of aryl methyl sites for hydroxylation is 2. The second-order valence-electron chi connectivity index (χ2n) is 11.4. The van der Waals surface area contributed by atoms with Crippen molar-refractivity contribution < 1.29 is 24.5 Å². The minimum atomic E-state index is -1.05. The van der Waals surface area contributed by atoms with E-state index >= 15 is 0 Å². The maximum atomic E-state index is 11.8. The lowest BCUT2D eigenvalue weighted by molar-refractivity contribution is -0.146. The number of aliphatic carboxylic acids is 1. The van der Waals surface area contributed by atoms with Gasteiger partial charge in [0.05, 0.1) is 11.1 Å². The van der Waals surface area contributed by atoms with Crippen molar-refractivity contribution in [2.24, 2.45) is 11.1 Å². The number of nitrogen functional groups attached to an aromatic ring is 1. The second kappa shape index (κ2) is 12.9. The van der Waals surface area contributed by atoms with Crippen molar-refractivity contribution in [2.45, 2.75) is 66.0 Å². The van der Waals surface area contributed by atoms with Crippen LogP contribution in [0.3, 0.4) is 0 Å². The zero-order chi connectivity index (χ0) is 31.3. The molecule has 1 aliphatic carbocycles. The van der Waals surface area contributed by atoms with Gasteiger partial charge in [0, 0.05) is 37.0 Å². The van der Waals surface area contributed by atoms with Crippen LogP contribution in [0.2, 0.25) is 0 Å². The number of pyridine rings is 1. The van der Waals surface area contributed by atoms with E-state index in [4.69, 9.17) is 25.8 Å². The monoisotopic (exact) mass is 587 g/mol. The third kappa shape index (κ3) is 7.85. The molecule has 0 bridgehead atoms. The van der Waals surface area contributed by atoms with Crippen molar-refractivity contribution in [1.82, 2.24) is 19.4 Å². The van der Waals surface area contributed by atoms with E-state index < -0.39 is 11.4 Å². The number of nitrogens with two attached hydrogens (primary N) is 1. The summed E-state index contributed by atoms with van der Waals surface area (Å²) in [6.45, 7) is 7.69. The van der Waals surface area contributed by atoms with Crippen LogP contribution >= 0.6 is 0 Å². The van der Waals surface area contributed by atoms with Crippen LogP contribution in [-0.4, -0.2) is 47.8 Å². The normalized spacial score (nSPS) is 12.7. The van der Waals surface area contributed by atoms with Gasteiger partial charge in [0.25, 0.3) is 6.47 Å². The summed E-state index contributed by atoms with van der Waals surface area (Å²) < 4.78 is 8.09. The fourth-order valence-corrected chi connectivity index (χ4v) is 4.73. The van der Waals surface area contributed by atoms with Gasteiger partial charge in [0.1, 0.15) is 29.7 Å². The Morgan fingerprint density at radius 1 is 1.16 bits per heavy atom. The molecule has 3 aromatic heterocycles. The number of anilines is 1. The highest BCUT2D eigenvalue weighted by atomic mass is 16.5. The van der Waals surface area contributed by atoms with Crippen LogP contribution in [0, 0.1) is 24.7 Å². The first-order valence-electron chi connectivity index (χ1n) is 13.9. The maximum Gasteiger partial charge on any atom is 0.309 e. The van der Waals surface area contributed by atoms with Gasteiger partial charge in [-0.15, -0.1) is 0 Å². The van der Waals surface area contributed by atoms with Crippen molar-refractivity contribution >= 4 is 29.7 Å². The van der Waals surface area contributed by atoms with Gasteiger partial charge in [-0.25, -0.2) is 9.97 Å². The first-order valence-corrected chi connectivity index (χ1v) is 13.9. The third-order valence-corrected chi connectivity index (χ3v) is 7.32. The fraction of sp³-hybridized carbons (Fsp3) is 0.355. The predicted molar refractivity (Wildman–Crippen MR) is 162 cm³/mol. The highest BCUT2D eigenvalue weighted by Gasteiger charge is 2.29. The van der Waals surface area contributed by atoms with Crippen LogP contribution in [-0.2, 0) is 29.2 Å². The summed E-state index contributed by atoms with van der Waals surface area (Å²) in [7, 11) is 0. The first-order chi connectivity index (χ1) is 20.4. The molecule has 0 radical (unpaired) electrons. The Hall–Kier alpha value is -5.00. The number of carboxylic acid groups (broad SMARTS) is 2. The molecule has 0 amide bonds. The number of carbonyl (C=O) groups is 2. The molecule has 12 heteroatoms. The standard InChI is InChI=1S/C30H35N7O3.CH2O2/c1-17-9-21(28(31)32)10-18(2)23(17)13-33-24-11-27(36-25(35-24)12-30(3,4)29(38)39)40-16-22-15-37-14-20(19-5-6-19)7-8-26(37)34-22;2-1-3/h7-11,14-15,19H,5-6,12-13,16H2,1-4H3,(H3,31,32)(H,38,39)(H,33,35,36);1H,(H,2,3). The van der Waals surface area contributed by atoms with Gasteiger partial charge in [-0.2, -0.15) is 4.98 Å². The molecule has 1 aliphatic rings. The maximum absolute atomic E-state index is 11.8. The summed E-state index contributed by atoms with van der Waals surface area (Å²) in [4.78, 5) is 33.9. The molecule has 12 nitrogen and oxygen atoms in total. The number of amidine groups is 1. The molecule has 5 rings (SSSR count). The van der Waals surface area contributed by atoms with E-state index in [9.17, 15) is 9.90 Å². The zero-order valence-electron chi connectivity index (χ0n) is 24.7. The molecule has 4 aromatic rings. The van der Waals surface area contributed by atoms with E-state index in [0.717, 1.165) is 28.0 Å². The van der Waals surface area contributed by atoms with E-state index in [1.807, 2.05) is 42.6 Å². The Kier molecular flexibility index (Phi) is 9.27. The Morgan fingerprint density at radius 2 is 1.84 bits per heavy atom. The van der Waals surface area contributed by atoms with E-state index in [1.54, 1.807) is 19.9 Å². The average Bonchev–Trinajstić information content (AvgIpc) is 3.70.